The highest BCUT2D eigenvalue weighted by molar-refractivity contribution is 7.92. The first-order valence-corrected chi connectivity index (χ1v) is 10.5. The monoisotopic (exact) mass is 384 g/mol. The SMILES string of the molecule is CS(=O)(=O)N(C[C@H](O)Cn1c2ccccc2c2ccccc21)c1ccco1. The molecule has 0 aliphatic carbocycles. The van der Waals surface area contributed by atoms with Gasteiger partial charge in [-0.2, -0.15) is 0 Å². The zero-order valence-corrected chi connectivity index (χ0v) is 15.6. The van der Waals surface area contributed by atoms with Crippen LogP contribution in [0, 0.1) is 0 Å². The van der Waals surface area contributed by atoms with Crippen LogP contribution in [-0.2, 0) is 16.6 Å². The van der Waals surface area contributed by atoms with E-state index in [1.54, 1.807) is 12.1 Å². The molecule has 4 aromatic rings. The van der Waals surface area contributed by atoms with Crippen LogP contribution in [0.4, 0.5) is 5.88 Å². The lowest BCUT2D eigenvalue weighted by Gasteiger charge is -2.23. The number of benzene rings is 2. The maximum Gasteiger partial charge on any atom is 0.234 e. The van der Waals surface area contributed by atoms with Gasteiger partial charge in [0, 0.05) is 27.9 Å². The van der Waals surface area contributed by atoms with Crippen molar-refractivity contribution in [3.63, 3.8) is 0 Å². The highest BCUT2D eigenvalue weighted by Gasteiger charge is 2.24. The molecule has 0 spiro atoms. The van der Waals surface area contributed by atoms with Gasteiger partial charge in [-0.25, -0.2) is 12.7 Å². The summed E-state index contributed by atoms with van der Waals surface area (Å²) >= 11 is 0. The summed E-state index contributed by atoms with van der Waals surface area (Å²) in [4.78, 5) is 0. The van der Waals surface area contributed by atoms with Gasteiger partial charge in [-0.1, -0.05) is 36.4 Å². The Bertz CT molecular complexity index is 1130. The molecule has 2 heterocycles. The normalized spacial score (nSPS) is 13.3. The lowest BCUT2D eigenvalue weighted by Crippen LogP contribution is -2.38. The van der Waals surface area contributed by atoms with Gasteiger partial charge in [-0.05, 0) is 18.2 Å². The number of fused-ring (bicyclic) bond motifs is 3. The van der Waals surface area contributed by atoms with Gasteiger partial charge in [0.15, 0.2) is 0 Å². The number of furan rings is 1. The highest BCUT2D eigenvalue weighted by Crippen LogP contribution is 2.29. The fourth-order valence-electron chi connectivity index (χ4n) is 3.46. The average Bonchev–Trinajstić information content (AvgIpc) is 3.27. The van der Waals surface area contributed by atoms with Crippen LogP contribution in [0.2, 0.25) is 0 Å². The zero-order chi connectivity index (χ0) is 19.0. The third-order valence-electron chi connectivity index (χ3n) is 4.60. The van der Waals surface area contributed by atoms with Crippen molar-refractivity contribution >= 4 is 37.7 Å². The van der Waals surface area contributed by atoms with Crippen LogP contribution in [0.15, 0.2) is 71.3 Å². The van der Waals surface area contributed by atoms with Gasteiger partial charge in [-0.15, -0.1) is 0 Å². The molecular weight excluding hydrogens is 364 g/mol. The van der Waals surface area contributed by atoms with Crippen LogP contribution in [-0.4, -0.2) is 37.0 Å². The number of nitrogens with zero attached hydrogens (tertiary/aromatic N) is 2. The molecule has 2 aromatic carbocycles. The Morgan fingerprint density at radius 1 is 1.00 bits per heavy atom. The van der Waals surface area contributed by atoms with Gasteiger partial charge in [0.2, 0.25) is 15.9 Å². The van der Waals surface area contributed by atoms with Crippen molar-refractivity contribution in [3.8, 4) is 0 Å². The molecule has 2 aromatic heterocycles. The van der Waals surface area contributed by atoms with E-state index >= 15 is 0 Å². The third kappa shape index (κ3) is 3.31. The maximum absolute atomic E-state index is 12.1. The number of para-hydroxylation sites is 2. The van der Waals surface area contributed by atoms with Crippen molar-refractivity contribution < 1.29 is 17.9 Å². The smallest absolute Gasteiger partial charge is 0.234 e. The van der Waals surface area contributed by atoms with Crippen molar-refractivity contribution in [2.75, 3.05) is 17.1 Å². The quantitative estimate of drug-likeness (QED) is 0.554. The minimum Gasteiger partial charge on any atom is -0.448 e. The molecule has 0 unspecified atom stereocenters. The third-order valence-corrected chi connectivity index (χ3v) is 5.73. The van der Waals surface area contributed by atoms with Crippen LogP contribution in [0.1, 0.15) is 0 Å². The lowest BCUT2D eigenvalue weighted by atomic mass is 10.2. The Morgan fingerprint density at radius 2 is 1.59 bits per heavy atom. The molecule has 0 bridgehead atoms. The molecule has 7 heteroatoms. The molecule has 1 atom stereocenters. The van der Waals surface area contributed by atoms with Crippen LogP contribution < -0.4 is 4.31 Å². The van der Waals surface area contributed by atoms with Gasteiger partial charge < -0.3 is 14.1 Å². The molecule has 140 valence electrons. The van der Waals surface area contributed by atoms with E-state index in [0.29, 0.717) is 0 Å². The number of hydrogen-bond donors (Lipinski definition) is 1. The second-order valence-electron chi connectivity index (χ2n) is 6.54. The molecule has 1 N–H and O–H groups in total. The maximum atomic E-state index is 12.1. The van der Waals surface area contributed by atoms with Crippen molar-refractivity contribution in [1.29, 1.82) is 0 Å². The van der Waals surface area contributed by atoms with Crippen molar-refractivity contribution in [2.24, 2.45) is 0 Å². The van der Waals surface area contributed by atoms with Gasteiger partial charge >= 0.3 is 0 Å². The molecule has 0 saturated carbocycles. The predicted molar refractivity (Wildman–Crippen MR) is 106 cm³/mol. The van der Waals surface area contributed by atoms with Crippen molar-refractivity contribution in [1.82, 2.24) is 4.57 Å². The van der Waals surface area contributed by atoms with E-state index in [-0.39, 0.29) is 19.0 Å². The number of aromatic nitrogens is 1. The standard InChI is InChI=1S/C20H20N2O4S/c1-27(24,25)22(20-11-6-12-26-20)14-15(23)13-21-18-9-4-2-7-16(18)17-8-3-5-10-19(17)21/h2-12,15,23H,13-14H2,1H3/t15-/m1/s1. The summed E-state index contributed by atoms with van der Waals surface area (Å²) in [6, 6.07) is 19.2. The summed E-state index contributed by atoms with van der Waals surface area (Å²) < 4.78 is 32.6. The van der Waals surface area contributed by atoms with Crippen LogP contribution in [0.3, 0.4) is 0 Å². The summed E-state index contributed by atoms with van der Waals surface area (Å²) in [6.45, 7) is 0.175. The Kier molecular flexibility index (Phi) is 4.41. The molecule has 6 nitrogen and oxygen atoms in total. The molecule has 0 radical (unpaired) electrons. The topological polar surface area (TPSA) is 75.7 Å². The first-order valence-electron chi connectivity index (χ1n) is 8.60. The molecule has 4 rings (SSSR count). The Hall–Kier alpha value is -2.77. The molecular formula is C20H20N2O4S. The predicted octanol–water partition coefficient (Wildman–Crippen LogP) is 3.21. The average molecular weight is 384 g/mol. The number of aliphatic hydroxyl groups excluding tert-OH is 1. The summed E-state index contributed by atoms with van der Waals surface area (Å²) in [6.07, 6.45) is 1.60. The largest absolute Gasteiger partial charge is 0.448 e. The highest BCUT2D eigenvalue weighted by atomic mass is 32.2. The van der Waals surface area contributed by atoms with Gasteiger partial charge in [0.25, 0.3) is 0 Å². The second-order valence-corrected chi connectivity index (χ2v) is 8.45. The Morgan fingerprint density at radius 3 is 2.11 bits per heavy atom. The van der Waals surface area contributed by atoms with Gasteiger partial charge in [0.05, 0.1) is 31.7 Å². The zero-order valence-electron chi connectivity index (χ0n) is 14.8. The molecule has 0 saturated heterocycles. The van der Waals surface area contributed by atoms with Crippen LogP contribution >= 0.6 is 0 Å². The van der Waals surface area contributed by atoms with E-state index in [4.69, 9.17) is 4.42 Å². The summed E-state index contributed by atoms with van der Waals surface area (Å²) in [5.74, 6) is 0.193. The van der Waals surface area contributed by atoms with Crippen LogP contribution in [0.5, 0.6) is 0 Å². The molecule has 0 aliphatic rings. The Balaban J connectivity index is 1.69. The fourth-order valence-corrected chi connectivity index (χ4v) is 4.33. The van der Waals surface area contributed by atoms with E-state index in [1.807, 2.05) is 53.1 Å². The first-order chi connectivity index (χ1) is 12.9. The number of hydrogen-bond acceptors (Lipinski definition) is 4. The van der Waals surface area contributed by atoms with E-state index < -0.39 is 16.1 Å². The molecule has 0 aliphatic heterocycles. The van der Waals surface area contributed by atoms with E-state index in [0.717, 1.165) is 32.4 Å². The Labute approximate surface area is 157 Å². The van der Waals surface area contributed by atoms with E-state index in [1.165, 1.54) is 6.26 Å². The molecule has 0 amide bonds. The summed E-state index contributed by atoms with van der Waals surface area (Å²) in [7, 11) is -3.58. The minimum atomic E-state index is -3.58. The van der Waals surface area contributed by atoms with Gasteiger partial charge in [-0.3, -0.25) is 0 Å². The number of sulfonamides is 1. The lowest BCUT2D eigenvalue weighted by molar-refractivity contribution is 0.165. The summed E-state index contributed by atoms with van der Waals surface area (Å²) in [5, 5.41) is 12.9. The van der Waals surface area contributed by atoms with Crippen LogP contribution in [0.25, 0.3) is 21.8 Å². The molecule has 27 heavy (non-hydrogen) atoms. The number of anilines is 1. The van der Waals surface area contributed by atoms with E-state index in [2.05, 4.69) is 0 Å². The minimum absolute atomic E-state index is 0.0901. The van der Waals surface area contributed by atoms with Gasteiger partial charge in [0.1, 0.15) is 0 Å². The number of rotatable bonds is 6. The van der Waals surface area contributed by atoms with Crippen molar-refractivity contribution in [2.45, 2.75) is 12.6 Å². The van der Waals surface area contributed by atoms with E-state index in [9.17, 15) is 13.5 Å². The molecule has 0 fully saturated rings. The first kappa shape index (κ1) is 17.6. The summed E-state index contributed by atoms with van der Waals surface area (Å²) in [5.41, 5.74) is 2.00. The number of aliphatic hydroxyl groups is 1. The second kappa shape index (κ2) is 6.75. The fraction of sp³-hybridized carbons (Fsp3) is 0.200. The van der Waals surface area contributed by atoms with Crippen molar-refractivity contribution in [3.05, 3.63) is 66.9 Å².